The Morgan fingerprint density at radius 1 is 1.06 bits per heavy atom. The minimum atomic E-state index is -1.02. The van der Waals surface area contributed by atoms with Crippen molar-refractivity contribution in [3.05, 3.63) is 59.7 Å². The molecule has 5 rings (SSSR count). The highest BCUT2D eigenvalue weighted by molar-refractivity contribution is 5.91. The number of carbonyl (C=O) groups excluding carboxylic acids is 2. The summed E-state index contributed by atoms with van der Waals surface area (Å²) in [5, 5.41) is 12.3. The van der Waals surface area contributed by atoms with E-state index < -0.39 is 29.6 Å². The molecule has 2 fully saturated rings. The van der Waals surface area contributed by atoms with E-state index in [9.17, 15) is 19.5 Å². The van der Waals surface area contributed by atoms with E-state index in [0.717, 1.165) is 35.1 Å². The second kappa shape index (κ2) is 7.90. The minimum absolute atomic E-state index is 0.0242. The molecule has 2 aliphatic carbocycles. The average molecular weight is 449 g/mol. The van der Waals surface area contributed by atoms with Gasteiger partial charge in [-0.05, 0) is 41.0 Å². The van der Waals surface area contributed by atoms with Crippen molar-refractivity contribution in [3.63, 3.8) is 0 Å². The molecular formula is C26H28N2O5. The molecule has 2 N–H and O–H groups in total. The van der Waals surface area contributed by atoms with E-state index in [2.05, 4.69) is 29.6 Å². The summed E-state index contributed by atoms with van der Waals surface area (Å²) >= 11 is 0. The number of carboxylic acid groups (broad SMARTS) is 1. The zero-order valence-electron chi connectivity index (χ0n) is 18.8. The van der Waals surface area contributed by atoms with Crippen molar-refractivity contribution in [1.82, 2.24) is 10.2 Å². The van der Waals surface area contributed by atoms with Gasteiger partial charge in [0.15, 0.2) is 0 Å². The summed E-state index contributed by atoms with van der Waals surface area (Å²) < 4.78 is 5.61. The maximum Gasteiger partial charge on any atom is 0.407 e. The van der Waals surface area contributed by atoms with Gasteiger partial charge in [-0.2, -0.15) is 0 Å². The molecule has 0 radical (unpaired) electrons. The normalized spacial score (nSPS) is 21.4. The maximum absolute atomic E-state index is 13.1. The molecular weight excluding hydrogens is 420 g/mol. The fourth-order valence-electron chi connectivity index (χ4n) is 5.36. The van der Waals surface area contributed by atoms with Crippen molar-refractivity contribution < 1.29 is 24.2 Å². The highest BCUT2D eigenvalue weighted by Gasteiger charge is 2.55. The summed E-state index contributed by atoms with van der Waals surface area (Å²) in [4.78, 5) is 38.9. The molecule has 2 unspecified atom stereocenters. The van der Waals surface area contributed by atoms with Crippen LogP contribution in [-0.2, 0) is 14.3 Å². The van der Waals surface area contributed by atoms with Gasteiger partial charge in [-0.25, -0.2) is 9.59 Å². The zero-order valence-corrected chi connectivity index (χ0v) is 18.8. The number of carbonyl (C=O) groups is 3. The number of rotatable bonds is 6. The molecule has 0 aromatic heterocycles. The zero-order chi connectivity index (χ0) is 23.3. The van der Waals surface area contributed by atoms with Crippen molar-refractivity contribution >= 4 is 18.0 Å². The number of carboxylic acids is 1. The Morgan fingerprint density at radius 3 is 2.15 bits per heavy atom. The largest absolute Gasteiger partial charge is 0.480 e. The number of hydrogen-bond acceptors (Lipinski definition) is 4. The van der Waals surface area contributed by atoms with Crippen molar-refractivity contribution in [2.24, 2.45) is 11.3 Å². The van der Waals surface area contributed by atoms with E-state index in [1.165, 1.54) is 4.90 Å². The van der Waals surface area contributed by atoms with Crippen LogP contribution < -0.4 is 5.32 Å². The number of ether oxygens (including phenoxy) is 1. The third-order valence-electron chi connectivity index (χ3n) is 7.12. The van der Waals surface area contributed by atoms with Crippen LogP contribution in [0.25, 0.3) is 11.1 Å². The van der Waals surface area contributed by atoms with Crippen molar-refractivity contribution in [3.8, 4) is 11.1 Å². The average Bonchev–Trinajstić information content (AvgIpc) is 3.56. The minimum Gasteiger partial charge on any atom is -0.480 e. The van der Waals surface area contributed by atoms with Crippen LogP contribution in [0.3, 0.4) is 0 Å². The molecule has 2 amide bonds. The summed E-state index contributed by atoms with van der Waals surface area (Å²) in [5.41, 5.74) is 4.04. The van der Waals surface area contributed by atoms with Crippen LogP contribution in [0.5, 0.6) is 0 Å². The van der Waals surface area contributed by atoms with Gasteiger partial charge in [0.25, 0.3) is 0 Å². The Morgan fingerprint density at radius 2 is 1.64 bits per heavy atom. The molecule has 1 aliphatic heterocycles. The number of nitrogens with one attached hydrogen (secondary N) is 1. The summed E-state index contributed by atoms with van der Waals surface area (Å²) in [6.45, 7) is 4.19. The Balaban J connectivity index is 1.26. The molecule has 7 heteroatoms. The number of fused-ring (bicyclic) bond motifs is 3. The fraction of sp³-hybridized carbons (Fsp3) is 0.423. The Kier molecular flexibility index (Phi) is 5.15. The van der Waals surface area contributed by atoms with Gasteiger partial charge < -0.3 is 20.1 Å². The lowest BCUT2D eigenvalue weighted by atomic mass is 9.74. The molecule has 3 aliphatic rings. The molecule has 0 spiro atoms. The Hall–Kier alpha value is -3.35. The molecule has 1 saturated heterocycles. The maximum atomic E-state index is 13.1. The third kappa shape index (κ3) is 3.75. The standard InChI is InChI=1S/C26H28N2O5/c1-26(2)14-28(22(26)24(30)31)23(29)21(15-11-12-15)27-25(32)33-13-20-18-9-5-3-7-16(18)17-8-4-6-10-19(17)20/h3-10,15,20-22H,11-14H2,1-2H3,(H,27,32)(H,30,31). The second-order valence-corrected chi connectivity index (χ2v) is 9.98. The van der Waals surface area contributed by atoms with Crippen LogP contribution in [0.4, 0.5) is 4.79 Å². The number of amides is 2. The van der Waals surface area contributed by atoms with E-state index in [4.69, 9.17) is 4.74 Å². The molecule has 0 bridgehead atoms. The number of hydrogen-bond donors (Lipinski definition) is 2. The van der Waals surface area contributed by atoms with E-state index >= 15 is 0 Å². The number of nitrogens with zero attached hydrogens (tertiary/aromatic N) is 1. The lowest BCUT2D eigenvalue weighted by Crippen LogP contribution is -2.70. The number of aliphatic carboxylic acids is 1. The van der Waals surface area contributed by atoms with E-state index in [-0.39, 0.29) is 24.3 Å². The monoisotopic (exact) mass is 448 g/mol. The van der Waals surface area contributed by atoms with Crippen molar-refractivity contribution in [2.45, 2.75) is 44.7 Å². The van der Waals surface area contributed by atoms with E-state index in [1.54, 1.807) is 0 Å². The predicted molar refractivity (Wildman–Crippen MR) is 122 cm³/mol. The number of likely N-dealkylation sites (tertiary alicyclic amines) is 1. The smallest absolute Gasteiger partial charge is 0.407 e. The molecule has 2 atom stereocenters. The van der Waals surface area contributed by atoms with Gasteiger partial charge in [-0.3, -0.25) is 4.79 Å². The molecule has 172 valence electrons. The molecule has 1 saturated carbocycles. The van der Waals surface area contributed by atoms with Gasteiger partial charge in [0.05, 0.1) is 0 Å². The first-order valence-corrected chi connectivity index (χ1v) is 11.4. The third-order valence-corrected chi connectivity index (χ3v) is 7.12. The number of alkyl carbamates (subject to hydrolysis) is 1. The van der Waals surface area contributed by atoms with Crippen LogP contribution in [0, 0.1) is 11.3 Å². The van der Waals surface area contributed by atoms with Gasteiger partial charge >= 0.3 is 12.1 Å². The summed E-state index contributed by atoms with van der Waals surface area (Å²) in [6.07, 6.45) is 1.01. The summed E-state index contributed by atoms with van der Waals surface area (Å²) in [5.74, 6) is -1.39. The summed E-state index contributed by atoms with van der Waals surface area (Å²) in [7, 11) is 0. The molecule has 2 aromatic carbocycles. The highest BCUT2D eigenvalue weighted by atomic mass is 16.5. The second-order valence-electron chi connectivity index (χ2n) is 9.98. The predicted octanol–water partition coefficient (Wildman–Crippen LogP) is 3.63. The van der Waals surface area contributed by atoms with E-state index in [1.807, 2.05) is 38.1 Å². The van der Waals surface area contributed by atoms with Crippen LogP contribution in [0.2, 0.25) is 0 Å². The topological polar surface area (TPSA) is 95.9 Å². The molecule has 2 aromatic rings. The Labute approximate surface area is 192 Å². The van der Waals surface area contributed by atoms with Gasteiger partial charge in [-0.15, -0.1) is 0 Å². The lowest BCUT2D eigenvalue weighted by molar-refractivity contribution is -0.173. The SMILES string of the molecule is CC1(C)CN(C(=O)C(NC(=O)OCC2c3ccccc3-c3ccccc32)C2CC2)C1C(=O)O. The molecule has 7 nitrogen and oxygen atoms in total. The van der Waals surface area contributed by atoms with Crippen molar-refractivity contribution in [2.75, 3.05) is 13.2 Å². The van der Waals surface area contributed by atoms with Crippen molar-refractivity contribution in [1.29, 1.82) is 0 Å². The van der Waals surface area contributed by atoms with Crippen LogP contribution >= 0.6 is 0 Å². The van der Waals surface area contributed by atoms with Crippen LogP contribution in [-0.4, -0.2) is 53.2 Å². The van der Waals surface area contributed by atoms with Gasteiger partial charge in [0.2, 0.25) is 5.91 Å². The van der Waals surface area contributed by atoms with Crippen LogP contribution in [0.1, 0.15) is 43.7 Å². The highest BCUT2D eigenvalue weighted by Crippen LogP contribution is 2.44. The number of benzene rings is 2. The first-order valence-electron chi connectivity index (χ1n) is 11.4. The van der Waals surface area contributed by atoms with Gasteiger partial charge in [-0.1, -0.05) is 62.4 Å². The Bertz CT molecular complexity index is 1080. The first-order chi connectivity index (χ1) is 15.8. The summed E-state index contributed by atoms with van der Waals surface area (Å²) in [6, 6.07) is 14.6. The first kappa shape index (κ1) is 21.5. The quantitative estimate of drug-likeness (QED) is 0.704. The fourth-order valence-corrected chi connectivity index (χ4v) is 5.36. The lowest BCUT2D eigenvalue weighted by Gasteiger charge is -2.52. The molecule has 1 heterocycles. The van der Waals surface area contributed by atoms with Crippen LogP contribution in [0.15, 0.2) is 48.5 Å². The van der Waals surface area contributed by atoms with E-state index in [0.29, 0.717) is 6.54 Å². The van der Waals surface area contributed by atoms with Gasteiger partial charge in [0.1, 0.15) is 18.7 Å². The van der Waals surface area contributed by atoms with Gasteiger partial charge in [0, 0.05) is 17.9 Å². The molecule has 33 heavy (non-hydrogen) atoms.